The third-order valence-electron chi connectivity index (χ3n) is 2.96. The normalized spacial score (nSPS) is 17.6. The quantitative estimate of drug-likeness (QED) is 0.696. The van der Waals surface area contributed by atoms with Crippen molar-refractivity contribution in [3.63, 3.8) is 0 Å². The fourth-order valence-electron chi connectivity index (χ4n) is 2.10. The Morgan fingerprint density at radius 1 is 1.31 bits per heavy atom. The Labute approximate surface area is 101 Å². The van der Waals surface area contributed by atoms with Crippen LogP contribution < -0.4 is 5.32 Å². The van der Waals surface area contributed by atoms with E-state index in [4.69, 9.17) is 0 Å². The molecule has 0 saturated carbocycles. The third-order valence-corrected chi connectivity index (χ3v) is 3.61. The number of hydrogen-bond acceptors (Lipinski definition) is 3. The Morgan fingerprint density at radius 2 is 1.94 bits per heavy atom. The number of hydrogen-bond donors (Lipinski definition) is 3. The number of phenolic OH excluding ortho intramolecular Hbond substituents is 2. The largest absolute Gasteiger partial charge is 0.504 e. The number of piperidine rings is 1. The number of aromatic hydroxyl groups is 2. The molecule has 1 aliphatic heterocycles. The molecule has 1 heterocycles. The molecule has 0 spiro atoms. The van der Waals surface area contributed by atoms with E-state index in [9.17, 15) is 14.6 Å². The molecule has 0 unspecified atom stereocenters. The first-order valence-corrected chi connectivity index (χ1v) is 6.01. The summed E-state index contributed by atoms with van der Waals surface area (Å²) in [5.41, 5.74) is 0.469. The van der Waals surface area contributed by atoms with Gasteiger partial charge in [0, 0.05) is 10.0 Å². The van der Waals surface area contributed by atoms with Crippen LogP contribution in [0.2, 0.25) is 0 Å². The maximum absolute atomic E-state index is 13.8. The van der Waals surface area contributed by atoms with E-state index in [1.807, 2.05) is 0 Å². The molecule has 88 valence electrons. The van der Waals surface area contributed by atoms with E-state index in [2.05, 4.69) is 21.2 Å². The van der Waals surface area contributed by atoms with Crippen LogP contribution in [-0.2, 0) is 0 Å². The average Bonchev–Trinajstić information content (AvgIpc) is 2.28. The van der Waals surface area contributed by atoms with Gasteiger partial charge in [-0.25, -0.2) is 4.39 Å². The van der Waals surface area contributed by atoms with Crippen LogP contribution in [-0.4, -0.2) is 23.3 Å². The van der Waals surface area contributed by atoms with Gasteiger partial charge in [-0.3, -0.25) is 0 Å². The summed E-state index contributed by atoms with van der Waals surface area (Å²) in [5, 5.41) is 21.9. The van der Waals surface area contributed by atoms with Crippen LogP contribution in [0.4, 0.5) is 4.39 Å². The lowest BCUT2D eigenvalue weighted by Crippen LogP contribution is -2.27. The van der Waals surface area contributed by atoms with Gasteiger partial charge in [-0.05, 0) is 37.9 Å². The highest BCUT2D eigenvalue weighted by molar-refractivity contribution is 9.10. The molecule has 5 heteroatoms. The van der Waals surface area contributed by atoms with Crippen molar-refractivity contribution in [2.45, 2.75) is 18.8 Å². The molecule has 0 aromatic heterocycles. The molecule has 0 aliphatic carbocycles. The number of nitrogens with one attached hydrogen (secondary N) is 1. The van der Waals surface area contributed by atoms with Gasteiger partial charge in [-0.1, -0.05) is 15.9 Å². The molecule has 2 rings (SSSR count). The van der Waals surface area contributed by atoms with Gasteiger partial charge in [0.15, 0.2) is 17.3 Å². The third kappa shape index (κ3) is 2.01. The fraction of sp³-hybridized carbons (Fsp3) is 0.455. The Balaban J connectivity index is 2.42. The van der Waals surface area contributed by atoms with Gasteiger partial charge < -0.3 is 15.5 Å². The first-order valence-electron chi connectivity index (χ1n) is 5.21. The molecular weight excluding hydrogens is 277 g/mol. The second-order valence-electron chi connectivity index (χ2n) is 3.98. The van der Waals surface area contributed by atoms with E-state index in [0.29, 0.717) is 10.0 Å². The van der Waals surface area contributed by atoms with E-state index in [1.54, 1.807) is 0 Å². The maximum atomic E-state index is 13.8. The molecule has 1 aromatic carbocycles. The highest BCUT2D eigenvalue weighted by Gasteiger charge is 2.24. The summed E-state index contributed by atoms with van der Waals surface area (Å²) < 4.78 is 14.4. The molecule has 0 amide bonds. The smallest absolute Gasteiger partial charge is 0.194 e. The molecule has 1 fully saturated rings. The van der Waals surface area contributed by atoms with Crippen molar-refractivity contribution in [3.8, 4) is 11.5 Å². The zero-order chi connectivity index (χ0) is 11.7. The molecule has 16 heavy (non-hydrogen) atoms. The highest BCUT2D eigenvalue weighted by Crippen LogP contribution is 2.41. The van der Waals surface area contributed by atoms with Crippen LogP contribution in [0.15, 0.2) is 10.5 Å². The molecule has 0 bridgehead atoms. The predicted molar refractivity (Wildman–Crippen MR) is 62.3 cm³/mol. The van der Waals surface area contributed by atoms with E-state index in [-0.39, 0.29) is 5.92 Å². The van der Waals surface area contributed by atoms with Crippen LogP contribution >= 0.6 is 15.9 Å². The van der Waals surface area contributed by atoms with E-state index >= 15 is 0 Å². The van der Waals surface area contributed by atoms with E-state index in [1.165, 1.54) is 6.07 Å². The van der Waals surface area contributed by atoms with Crippen molar-refractivity contribution in [3.05, 3.63) is 21.9 Å². The van der Waals surface area contributed by atoms with Gasteiger partial charge in [-0.15, -0.1) is 0 Å². The summed E-state index contributed by atoms with van der Waals surface area (Å²) in [6.07, 6.45) is 1.67. The lowest BCUT2D eigenvalue weighted by Gasteiger charge is -2.24. The zero-order valence-electron chi connectivity index (χ0n) is 8.63. The molecule has 1 aromatic rings. The van der Waals surface area contributed by atoms with Crippen LogP contribution in [0.3, 0.4) is 0 Å². The molecule has 1 aliphatic rings. The molecule has 0 atom stereocenters. The number of phenols is 2. The monoisotopic (exact) mass is 289 g/mol. The summed E-state index contributed by atoms with van der Waals surface area (Å²) in [5.74, 6) is -1.71. The molecule has 0 radical (unpaired) electrons. The van der Waals surface area contributed by atoms with Crippen LogP contribution in [0.1, 0.15) is 24.3 Å². The van der Waals surface area contributed by atoms with Crippen molar-refractivity contribution < 1.29 is 14.6 Å². The molecular formula is C11H13BrFNO2. The first kappa shape index (κ1) is 11.7. The van der Waals surface area contributed by atoms with E-state index in [0.717, 1.165) is 25.9 Å². The summed E-state index contributed by atoms with van der Waals surface area (Å²) in [7, 11) is 0. The second kappa shape index (κ2) is 4.59. The number of rotatable bonds is 1. The predicted octanol–water partition coefficient (Wildman–Crippen LogP) is 2.47. The topological polar surface area (TPSA) is 52.5 Å². The van der Waals surface area contributed by atoms with Gasteiger partial charge in [0.25, 0.3) is 0 Å². The fourth-order valence-corrected chi connectivity index (χ4v) is 2.81. The van der Waals surface area contributed by atoms with Crippen molar-refractivity contribution in [2.75, 3.05) is 13.1 Å². The standard InChI is InChI=1S/C11H13BrFNO2/c12-7-5-8(15)11(16)10(13)9(7)6-1-3-14-4-2-6/h5-6,14-16H,1-4H2. The summed E-state index contributed by atoms with van der Waals surface area (Å²) in [6.45, 7) is 1.69. The Hall–Kier alpha value is -0.810. The van der Waals surface area contributed by atoms with Crippen LogP contribution in [0.25, 0.3) is 0 Å². The minimum absolute atomic E-state index is 0.0853. The average molecular weight is 290 g/mol. The van der Waals surface area contributed by atoms with Gasteiger partial charge in [0.2, 0.25) is 0 Å². The van der Waals surface area contributed by atoms with Gasteiger partial charge >= 0.3 is 0 Å². The number of benzene rings is 1. The lowest BCUT2D eigenvalue weighted by atomic mass is 9.89. The van der Waals surface area contributed by atoms with Gasteiger partial charge in [-0.2, -0.15) is 0 Å². The van der Waals surface area contributed by atoms with Gasteiger partial charge in [0.05, 0.1) is 0 Å². The maximum Gasteiger partial charge on any atom is 0.194 e. The highest BCUT2D eigenvalue weighted by atomic mass is 79.9. The van der Waals surface area contributed by atoms with Crippen molar-refractivity contribution in [1.29, 1.82) is 0 Å². The van der Waals surface area contributed by atoms with Crippen molar-refractivity contribution in [1.82, 2.24) is 5.32 Å². The molecule has 1 saturated heterocycles. The summed E-state index contributed by atoms with van der Waals surface area (Å²) >= 11 is 3.24. The van der Waals surface area contributed by atoms with Crippen LogP contribution in [0.5, 0.6) is 11.5 Å². The molecule has 3 nitrogen and oxygen atoms in total. The number of halogens is 2. The second-order valence-corrected chi connectivity index (χ2v) is 4.83. The minimum Gasteiger partial charge on any atom is -0.504 e. The Bertz CT molecular complexity index is 405. The first-order chi connectivity index (χ1) is 7.61. The SMILES string of the molecule is Oc1cc(Br)c(C2CCNCC2)c(F)c1O. The zero-order valence-corrected chi connectivity index (χ0v) is 10.2. The molecule has 3 N–H and O–H groups in total. The lowest BCUT2D eigenvalue weighted by molar-refractivity contribution is 0.368. The summed E-state index contributed by atoms with van der Waals surface area (Å²) in [6, 6.07) is 1.34. The van der Waals surface area contributed by atoms with Gasteiger partial charge in [0.1, 0.15) is 0 Å². The van der Waals surface area contributed by atoms with Crippen LogP contribution in [0, 0.1) is 5.82 Å². The summed E-state index contributed by atoms with van der Waals surface area (Å²) in [4.78, 5) is 0. The Kier molecular flexibility index (Phi) is 3.35. The Morgan fingerprint density at radius 3 is 2.56 bits per heavy atom. The van der Waals surface area contributed by atoms with Crippen molar-refractivity contribution >= 4 is 15.9 Å². The van der Waals surface area contributed by atoms with E-state index < -0.39 is 17.3 Å². The minimum atomic E-state index is -0.709. The van der Waals surface area contributed by atoms with Crippen molar-refractivity contribution in [2.24, 2.45) is 0 Å².